The molecule has 1 aliphatic heterocycles. The van der Waals surface area contributed by atoms with Gasteiger partial charge in [0.15, 0.2) is 0 Å². The van der Waals surface area contributed by atoms with E-state index < -0.39 is 0 Å². The molecule has 1 aliphatic rings. The summed E-state index contributed by atoms with van der Waals surface area (Å²) in [6.45, 7) is 2.47. The molecule has 0 saturated carbocycles. The highest BCUT2D eigenvalue weighted by atomic mass is 16.5. The molecule has 9 heteroatoms. The summed E-state index contributed by atoms with van der Waals surface area (Å²) in [5, 5.41) is 5.86. The number of piperidine rings is 1. The lowest BCUT2D eigenvalue weighted by atomic mass is 9.96. The SMILES string of the molecule is COc1ccc(Oc2ncccc2NC(=O)N2CCC(C(=O)NCCN(C)C)CC2)cc1. The van der Waals surface area contributed by atoms with Gasteiger partial charge in [-0.25, -0.2) is 9.78 Å². The van der Waals surface area contributed by atoms with E-state index in [4.69, 9.17) is 9.47 Å². The predicted octanol–water partition coefficient (Wildman–Crippen LogP) is 2.80. The van der Waals surface area contributed by atoms with Crippen LogP contribution in [0.2, 0.25) is 0 Å². The average molecular weight is 442 g/mol. The van der Waals surface area contributed by atoms with E-state index in [-0.39, 0.29) is 17.9 Å². The van der Waals surface area contributed by atoms with Crippen LogP contribution < -0.4 is 20.1 Å². The summed E-state index contributed by atoms with van der Waals surface area (Å²) < 4.78 is 11.0. The van der Waals surface area contributed by atoms with Crippen molar-refractivity contribution in [2.24, 2.45) is 5.92 Å². The Bertz CT molecular complexity index is 896. The number of hydrogen-bond donors (Lipinski definition) is 2. The van der Waals surface area contributed by atoms with Crippen LogP contribution in [0.4, 0.5) is 10.5 Å². The molecule has 32 heavy (non-hydrogen) atoms. The third-order valence-corrected chi connectivity index (χ3v) is 5.30. The fraction of sp³-hybridized carbons (Fsp3) is 0.435. The summed E-state index contributed by atoms with van der Waals surface area (Å²) in [7, 11) is 5.54. The number of aromatic nitrogens is 1. The van der Waals surface area contributed by atoms with Crippen molar-refractivity contribution >= 4 is 17.6 Å². The van der Waals surface area contributed by atoms with Gasteiger partial charge in [-0.05, 0) is 63.3 Å². The van der Waals surface area contributed by atoms with Gasteiger partial charge in [-0.2, -0.15) is 0 Å². The van der Waals surface area contributed by atoms with Crippen LogP contribution in [0, 0.1) is 5.92 Å². The summed E-state index contributed by atoms with van der Waals surface area (Å²) in [5.74, 6) is 1.62. The standard InChI is InChI=1S/C23H31N5O4/c1-27(2)16-13-24-21(29)17-10-14-28(15-11-17)23(30)26-20-5-4-12-25-22(20)32-19-8-6-18(31-3)7-9-19/h4-9,12,17H,10-11,13-16H2,1-3H3,(H,24,29)(H,26,30). The van der Waals surface area contributed by atoms with Crippen molar-refractivity contribution in [3.05, 3.63) is 42.6 Å². The molecule has 0 spiro atoms. The van der Waals surface area contributed by atoms with Gasteiger partial charge in [0.2, 0.25) is 11.8 Å². The number of likely N-dealkylation sites (N-methyl/N-ethyl adjacent to an activating group) is 1. The lowest BCUT2D eigenvalue weighted by Crippen LogP contribution is -2.45. The molecular weight excluding hydrogens is 410 g/mol. The molecule has 3 amide bonds. The maximum atomic E-state index is 12.8. The van der Waals surface area contributed by atoms with E-state index in [9.17, 15) is 9.59 Å². The molecule has 1 fully saturated rings. The molecule has 0 atom stereocenters. The Morgan fingerprint density at radius 1 is 1.12 bits per heavy atom. The number of likely N-dealkylation sites (tertiary alicyclic amines) is 1. The minimum absolute atomic E-state index is 0.0615. The number of nitrogens with zero attached hydrogens (tertiary/aromatic N) is 3. The second-order valence-electron chi connectivity index (χ2n) is 7.92. The number of hydrogen-bond acceptors (Lipinski definition) is 6. The van der Waals surface area contributed by atoms with Gasteiger partial charge in [0.05, 0.1) is 7.11 Å². The number of carbonyl (C=O) groups is 2. The average Bonchev–Trinajstić information content (AvgIpc) is 2.80. The van der Waals surface area contributed by atoms with Gasteiger partial charge >= 0.3 is 6.03 Å². The zero-order chi connectivity index (χ0) is 22.9. The van der Waals surface area contributed by atoms with Crippen molar-refractivity contribution in [3.63, 3.8) is 0 Å². The zero-order valence-electron chi connectivity index (χ0n) is 18.8. The summed E-state index contributed by atoms with van der Waals surface area (Å²) in [5.41, 5.74) is 0.483. The minimum Gasteiger partial charge on any atom is -0.497 e. The molecule has 2 heterocycles. The van der Waals surface area contributed by atoms with E-state index in [0.717, 1.165) is 12.3 Å². The first-order valence-electron chi connectivity index (χ1n) is 10.7. The van der Waals surface area contributed by atoms with E-state index in [1.807, 2.05) is 19.0 Å². The van der Waals surface area contributed by atoms with Crippen LogP contribution in [-0.4, -0.2) is 74.1 Å². The number of nitrogens with one attached hydrogen (secondary N) is 2. The quantitative estimate of drug-likeness (QED) is 0.654. The van der Waals surface area contributed by atoms with Crippen molar-refractivity contribution in [3.8, 4) is 17.4 Å². The molecule has 0 bridgehead atoms. The van der Waals surface area contributed by atoms with E-state index in [1.165, 1.54) is 0 Å². The molecule has 172 valence electrons. The Hall–Kier alpha value is -3.33. The first-order valence-corrected chi connectivity index (χ1v) is 10.7. The smallest absolute Gasteiger partial charge is 0.321 e. The topological polar surface area (TPSA) is 96.0 Å². The number of ether oxygens (including phenoxy) is 2. The highest BCUT2D eigenvalue weighted by Gasteiger charge is 2.27. The van der Waals surface area contributed by atoms with Crippen molar-refractivity contribution in [1.82, 2.24) is 20.1 Å². The number of pyridine rings is 1. The monoisotopic (exact) mass is 441 g/mol. The summed E-state index contributed by atoms with van der Waals surface area (Å²) in [6, 6.07) is 10.4. The Morgan fingerprint density at radius 3 is 2.47 bits per heavy atom. The van der Waals surface area contributed by atoms with Crippen LogP contribution in [0.25, 0.3) is 0 Å². The number of benzene rings is 1. The first-order chi connectivity index (χ1) is 15.5. The van der Waals surface area contributed by atoms with Crippen LogP contribution in [0.3, 0.4) is 0 Å². The summed E-state index contributed by atoms with van der Waals surface area (Å²) >= 11 is 0. The lowest BCUT2D eigenvalue weighted by Gasteiger charge is -2.31. The normalized spacial score (nSPS) is 14.2. The second-order valence-corrected chi connectivity index (χ2v) is 7.92. The first kappa shape index (κ1) is 23.3. The molecular formula is C23H31N5O4. The molecule has 9 nitrogen and oxygen atoms in total. The van der Waals surface area contributed by atoms with Gasteiger partial charge in [0.25, 0.3) is 0 Å². The van der Waals surface area contributed by atoms with E-state index >= 15 is 0 Å². The molecule has 1 saturated heterocycles. The molecule has 1 aromatic heterocycles. The van der Waals surface area contributed by atoms with Gasteiger partial charge in [-0.1, -0.05) is 0 Å². The molecule has 0 radical (unpaired) electrons. The maximum absolute atomic E-state index is 12.8. The van der Waals surface area contributed by atoms with E-state index in [0.29, 0.717) is 49.8 Å². The third kappa shape index (κ3) is 6.58. The highest BCUT2D eigenvalue weighted by molar-refractivity contribution is 5.91. The van der Waals surface area contributed by atoms with Crippen molar-refractivity contribution in [1.29, 1.82) is 0 Å². The number of urea groups is 1. The minimum atomic E-state index is -0.232. The van der Waals surface area contributed by atoms with Crippen LogP contribution in [-0.2, 0) is 4.79 Å². The molecule has 0 aliphatic carbocycles. The van der Waals surface area contributed by atoms with Gasteiger partial charge in [-0.3, -0.25) is 4.79 Å². The van der Waals surface area contributed by atoms with Crippen molar-refractivity contribution in [2.45, 2.75) is 12.8 Å². The van der Waals surface area contributed by atoms with Gasteiger partial charge in [0, 0.05) is 38.3 Å². The Labute approximate surface area is 188 Å². The number of methoxy groups -OCH3 is 1. The molecule has 2 aromatic rings. The molecule has 3 rings (SSSR count). The fourth-order valence-electron chi connectivity index (χ4n) is 3.41. The number of amides is 3. The second kappa shape index (κ2) is 11.3. The Morgan fingerprint density at radius 2 is 1.81 bits per heavy atom. The van der Waals surface area contributed by atoms with Crippen LogP contribution in [0.1, 0.15) is 12.8 Å². The van der Waals surface area contributed by atoms with E-state index in [1.54, 1.807) is 54.6 Å². The largest absolute Gasteiger partial charge is 0.497 e. The number of carbonyl (C=O) groups excluding carboxylic acids is 2. The molecule has 1 aromatic carbocycles. The fourth-order valence-corrected chi connectivity index (χ4v) is 3.41. The van der Waals surface area contributed by atoms with Crippen molar-refractivity contribution < 1.29 is 19.1 Å². The lowest BCUT2D eigenvalue weighted by molar-refractivity contribution is -0.126. The predicted molar refractivity (Wildman–Crippen MR) is 122 cm³/mol. The summed E-state index contributed by atoms with van der Waals surface area (Å²) in [4.78, 5) is 33.1. The van der Waals surface area contributed by atoms with Crippen LogP contribution in [0.15, 0.2) is 42.6 Å². The Balaban J connectivity index is 1.52. The Kier molecular flexibility index (Phi) is 8.27. The number of rotatable bonds is 8. The maximum Gasteiger partial charge on any atom is 0.321 e. The van der Waals surface area contributed by atoms with Gasteiger partial charge in [0.1, 0.15) is 17.2 Å². The van der Waals surface area contributed by atoms with Gasteiger partial charge in [-0.15, -0.1) is 0 Å². The van der Waals surface area contributed by atoms with E-state index in [2.05, 4.69) is 15.6 Å². The molecule has 0 unspecified atom stereocenters. The van der Waals surface area contributed by atoms with Crippen molar-refractivity contribution in [2.75, 3.05) is 52.7 Å². The highest BCUT2D eigenvalue weighted by Crippen LogP contribution is 2.28. The number of anilines is 1. The zero-order valence-corrected chi connectivity index (χ0v) is 18.8. The van der Waals surface area contributed by atoms with Crippen LogP contribution >= 0.6 is 0 Å². The van der Waals surface area contributed by atoms with Crippen LogP contribution in [0.5, 0.6) is 17.4 Å². The van der Waals surface area contributed by atoms with Gasteiger partial charge < -0.3 is 29.9 Å². The summed E-state index contributed by atoms with van der Waals surface area (Å²) in [6.07, 6.45) is 2.89. The third-order valence-electron chi connectivity index (χ3n) is 5.30. The molecule has 2 N–H and O–H groups in total.